The highest BCUT2D eigenvalue weighted by molar-refractivity contribution is 7.92. The van der Waals surface area contributed by atoms with Crippen LogP contribution in [0.5, 0.6) is 0 Å². The number of nitrogens with zero attached hydrogens (tertiary/aromatic N) is 2. The van der Waals surface area contributed by atoms with E-state index in [4.69, 9.17) is 23.2 Å². The van der Waals surface area contributed by atoms with Crippen molar-refractivity contribution in [2.75, 3.05) is 23.7 Å². The summed E-state index contributed by atoms with van der Waals surface area (Å²) < 4.78 is 26.6. The third-order valence-electron chi connectivity index (χ3n) is 5.71. The molecule has 0 aliphatic rings. The minimum atomic E-state index is -3.79. The van der Waals surface area contributed by atoms with Crippen LogP contribution in [0.15, 0.2) is 36.4 Å². The Kier molecular flexibility index (Phi) is 10.6. The lowest BCUT2D eigenvalue weighted by atomic mass is 10.1. The fourth-order valence-corrected chi connectivity index (χ4v) is 5.08. The Labute approximate surface area is 224 Å². The molecule has 7 nitrogen and oxygen atoms in total. The number of halogens is 2. The molecule has 198 valence electrons. The molecule has 0 aliphatic carbocycles. The van der Waals surface area contributed by atoms with Crippen LogP contribution in [-0.4, -0.2) is 50.5 Å². The molecule has 2 aromatic rings. The van der Waals surface area contributed by atoms with Gasteiger partial charge in [0.15, 0.2) is 0 Å². The monoisotopic (exact) mass is 555 g/mol. The highest BCUT2D eigenvalue weighted by Crippen LogP contribution is 2.26. The van der Waals surface area contributed by atoms with Gasteiger partial charge in [0.1, 0.15) is 12.6 Å². The molecule has 2 aromatic carbocycles. The Morgan fingerprint density at radius 1 is 1.03 bits per heavy atom. The number of hydrogen-bond acceptors (Lipinski definition) is 4. The molecule has 0 heterocycles. The number of rotatable bonds is 11. The van der Waals surface area contributed by atoms with Gasteiger partial charge in [-0.15, -0.1) is 0 Å². The zero-order valence-corrected chi connectivity index (χ0v) is 24.0. The van der Waals surface area contributed by atoms with E-state index in [9.17, 15) is 18.0 Å². The molecular formula is C26H35Cl2N3O4S. The van der Waals surface area contributed by atoms with Gasteiger partial charge in [-0.05, 0) is 55.5 Å². The van der Waals surface area contributed by atoms with Gasteiger partial charge in [-0.1, -0.05) is 67.7 Å². The maximum Gasteiger partial charge on any atom is 0.244 e. The largest absolute Gasteiger partial charge is 0.354 e. The van der Waals surface area contributed by atoms with Gasteiger partial charge in [0.05, 0.1) is 22.0 Å². The number of aryl methyl sites for hydroxylation is 2. The van der Waals surface area contributed by atoms with Crippen LogP contribution in [0.1, 0.15) is 43.9 Å². The normalized spacial score (nSPS) is 12.4. The van der Waals surface area contributed by atoms with Crippen molar-refractivity contribution in [3.05, 3.63) is 63.1 Å². The highest BCUT2D eigenvalue weighted by Gasteiger charge is 2.32. The van der Waals surface area contributed by atoms with E-state index in [0.29, 0.717) is 34.3 Å². The average Bonchev–Trinajstić information content (AvgIpc) is 2.77. The Morgan fingerprint density at radius 2 is 1.69 bits per heavy atom. The molecule has 0 unspecified atom stereocenters. The van der Waals surface area contributed by atoms with Gasteiger partial charge in [0, 0.05) is 13.1 Å². The second-order valence-electron chi connectivity index (χ2n) is 9.39. The third-order valence-corrected chi connectivity index (χ3v) is 7.57. The van der Waals surface area contributed by atoms with Gasteiger partial charge in [-0.25, -0.2) is 8.42 Å². The van der Waals surface area contributed by atoms with E-state index in [2.05, 4.69) is 5.32 Å². The number of carbonyl (C=O) groups excluding carboxylic acids is 2. The Bertz CT molecular complexity index is 1200. The summed E-state index contributed by atoms with van der Waals surface area (Å²) in [6, 6.07) is 9.54. The summed E-state index contributed by atoms with van der Waals surface area (Å²) in [5.74, 6) is -0.564. The molecule has 0 saturated carbocycles. The van der Waals surface area contributed by atoms with Crippen LogP contribution in [0.2, 0.25) is 10.0 Å². The fourth-order valence-electron chi connectivity index (χ4n) is 3.86. The van der Waals surface area contributed by atoms with Crippen LogP contribution in [0, 0.1) is 19.8 Å². The molecule has 2 rings (SSSR count). The summed E-state index contributed by atoms with van der Waals surface area (Å²) in [4.78, 5) is 28.2. The van der Waals surface area contributed by atoms with E-state index >= 15 is 0 Å². The number of nitrogens with one attached hydrogen (secondary N) is 1. The maximum absolute atomic E-state index is 13.7. The lowest BCUT2D eigenvalue weighted by Crippen LogP contribution is -2.52. The highest BCUT2D eigenvalue weighted by atomic mass is 35.5. The lowest BCUT2D eigenvalue weighted by Gasteiger charge is -2.33. The number of amides is 2. The molecule has 2 amide bonds. The van der Waals surface area contributed by atoms with Crippen molar-refractivity contribution in [1.29, 1.82) is 0 Å². The minimum Gasteiger partial charge on any atom is -0.354 e. The smallest absolute Gasteiger partial charge is 0.244 e. The van der Waals surface area contributed by atoms with Crippen molar-refractivity contribution in [3.8, 4) is 0 Å². The molecule has 0 aliphatic heterocycles. The summed E-state index contributed by atoms with van der Waals surface area (Å²) in [6.07, 6.45) is 1.41. The van der Waals surface area contributed by atoms with E-state index in [-0.39, 0.29) is 18.4 Å². The Hall–Kier alpha value is -2.29. The molecular weight excluding hydrogens is 521 g/mol. The average molecular weight is 557 g/mol. The molecule has 0 radical (unpaired) electrons. The van der Waals surface area contributed by atoms with Crippen molar-refractivity contribution in [2.24, 2.45) is 5.92 Å². The van der Waals surface area contributed by atoms with Crippen LogP contribution in [0.3, 0.4) is 0 Å². The van der Waals surface area contributed by atoms with Gasteiger partial charge in [-0.2, -0.15) is 0 Å². The molecule has 0 fully saturated rings. The Morgan fingerprint density at radius 3 is 2.22 bits per heavy atom. The van der Waals surface area contributed by atoms with Crippen LogP contribution < -0.4 is 9.62 Å². The van der Waals surface area contributed by atoms with E-state index in [1.807, 2.05) is 33.8 Å². The van der Waals surface area contributed by atoms with E-state index in [1.165, 1.54) is 4.90 Å². The summed E-state index contributed by atoms with van der Waals surface area (Å²) in [5, 5.41) is 3.59. The van der Waals surface area contributed by atoms with Crippen molar-refractivity contribution < 1.29 is 18.0 Å². The predicted molar refractivity (Wildman–Crippen MR) is 147 cm³/mol. The summed E-state index contributed by atoms with van der Waals surface area (Å²) in [7, 11) is -3.79. The van der Waals surface area contributed by atoms with E-state index < -0.39 is 28.5 Å². The van der Waals surface area contributed by atoms with Crippen molar-refractivity contribution in [2.45, 2.75) is 53.6 Å². The standard InChI is InChI=1S/C26H35Cl2N3O4S/c1-7-23(26(33)29-14-17(2)3)30(15-20-9-10-21(27)22(28)13-20)25(32)16-31(36(6,34)35)24-11-8-18(4)12-19(24)5/h8-13,17,23H,7,14-16H2,1-6H3,(H,29,33)/t23-/m1/s1. The molecule has 10 heteroatoms. The molecule has 0 bridgehead atoms. The van der Waals surface area contributed by atoms with Gasteiger partial charge >= 0.3 is 0 Å². The molecule has 1 atom stereocenters. The van der Waals surface area contributed by atoms with Crippen molar-refractivity contribution >= 4 is 50.7 Å². The van der Waals surface area contributed by atoms with Crippen molar-refractivity contribution in [1.82, 2.24) is 10.2 Å². The molecule has 0 saturated heterocycles. The zero-order valence-electron chi connectivity index (χ0n) is 21.6. The third kappa shape index (κ3) is 8.11. The first-order chi connectivity index (χ1) is 16.7. The second-order valence-corrected chi connectivity index (χ2v) is 12.1. The Balaban J connectivity index is 2.48. The topological polar surface area (TPSA) is 86.8 Å². The predicted octanol–water partition coefficient (Wildman–Crippen LogP) is 4.96. The van der Waals surface area contributed by atoms with Crippen LogP contribution in [0.4, 0.5) is 5.69 Å². The lowest BCUT2D eigenvalue weighted by molar-refractivity contribution is -0.140. The van der Waals surface area contributed by atoms with Crippen LogP contribution >= 0.6 is 23.2 Å². The number of anilines is 1. The summed E-state index contributed by atoms with van der Waals surface area (Å²) >= 11 is 12.2. The van der Waals surface area contributed by atoms with Crippen LogP contribution in [-0.2, 0) is 26.2 Å². The van der Waals surface area contributed by atoms with E-state index in [1.54, 1.807) is 37.3 Å². The first-order valence-corrected chi connectivity index (χ1v) is 14.4. The van der Waals surface area contributed by atoms with E-state index in [0.717, 1.165) is 21.7 Å². The number of carbonyl (C=O) groups is 2. The second kappa shape index (κ2) is 12.8. The number of sulfonamides is 1. The van der Waals surface area contributed by atoms with Crippen molar-refractivity contribution in [3.63, 3.8) is 0 Å². The fraction of sp³-hybridized carbons (Fsp3) is 0.462. The zero-order chi connectivity index (χ0) is 27.2. The molecule has 36 heavy (non-hydrogen) atoms. The van der Waals surface area contributed by atoms with Gasteiger partial charge in [-0.3, -0.25) is 13.9 Å². The molecule has 1 N–H and O–H groups in total. The SMILES string of the molecule is CC[C@H](C(=O)NCC(C)C)N(Cc1ccc(Cl)c(Cl)c1)C(=O)CN(c1ccc(C)cc1C)S(C)(=O)=O. The number of hydrogen-bond donors (Lipinski definition) is 1. The van der Waals surface area contributed by atoms with Gasteiger partial charge in [0.25, 0.3) is 0 Å². The first-order valence-electron chi connectivity index (χ1n) is 11.8. The number of benzene rings is 2. The quantitative estimate of drug-likeness (QED) is 0.424. The first kappa shape index (κ1) is 29.9. The summed E-state index contributed by atoms with van der Waals surface area (Å²) in [6.45, 7) is 9.56. The summed E-state index contributed by atoms with van der Waals surface area (Å²) in [5.41, 5.74) is 2.80. The molecule has 0 aromatic heterocycles. The minimum absolute atomic E-state index is 0.0633. The maximum atomic E-state index is 13.7. The van der Waals surface area contributed by atoms with Gasteiger partial charge < -0.3 is 10.2 Å². The van der Waals surface area contributed by atoms with Crippen LogP contribution in [0.25, 0.3) is 0 Å². The van der Waals surface area contributed by atoms with Gasteiger partial charge in [0.2, 0.25) is 21.8 Å². The molecule has 0 spiro atoms.